The van der Waals surface area contributed by atoms with Gasteiger partial charge >= 0.3 is 0 Å². The Morgan fingerprint density at radius 2 is 2.35 bits per heavy atom. The Hall–Kier alpha value is -1.84. The van der Waals surface area contributed by atoms with Gasteiger partial charge in [-0.05, 0) is 31.9 Å². The highest BCUT2D eigenvalue weighted by Gasteiger charge is 2.23. The van der Waals surface area contributed by atoms with Gasteiger partial charge in [-0.2, -0.15) is 5.10 Å². The monoisotopic (exact) mass is 229 g/mol. The van der Waals surface area contributed by atoms with Crippen molar-refractivity contribution in [3.63, 3.8) is 0 Å². The lowest BCUT2D eigenvalue weighted by atomic mass is 10.1. The first-order valence-corrected chi connectivity index (χ1v) is 6.04. The molecular weight excluding hydrogens is 214 g/mol. The third-order valence-electron chi connectivity index (χ3n) is 3.05. The highest BCUT2D eigenvalue weighted by atomic mass is 16.1. The van der Waals surface area contributed by atoms with Gasteiger partial charge in [-0.25, -0.2) is 0 Å². The number of benzene rings is 1. The summed E-state index contributed by atoms with van der Waals surface area (Å²) in [4.78, 5) is 11.9. The summed E-state index contributed by atoms with van der Waals surface area (Å²) in [7, 11) is 0. The number of hydrogen-bond acceptors (Lipinski definition) is 2. The van der Waals surface area contributed by atoms with E-state index in [4.69, 9.17) is 0 Å². The second-order valence-electron chi connectivity index (χ2n) is 4.51. The van der Waals surface area contributed by atoms with E-state index in [1.54, 1.807) is 0 Å². The van der Waals surface area contributed by atoms with Crippen LogP contribution in [-0.2, 0) is 6.54 Å². The molecule has 1 aliphatic carbocycles. The average molecular weight is 229 g/mol. The maximum atomic E-state index is 11.9. The number of fused-ring (bicyclic) bond motifs is 1. The quantitative estimate of drug-likeness (QED) is 0.874. The molecule has 1 aliphatic rings. The number of carbonyl (C=O) groups excluding carboxylic acids is 1. The Morgan fingerprint density at radius 1 is 1.53 bits per heavy atom. The normalized spacial score (nSPS) is 15.1. The van der Waals surface area contributed by atoms with Crippen LogP contribution in [0, 0.1) is 0 Å². The molecule has 1 fully saturated rings. The van der Waals surface area contributed by atoms with Gasteiger partial charge in [-0.15, -0.1) is 0 Å². The Labute approximate surface area is 99.6 Å². The zero-order valence-electron chi connectivity index (χ0n) is 9.81. The molecule has 1 amide bonds. The zero-order chi connectivity index (χ0) is 11.8. The molecular formula is C13H15N3O. The Balaban J connectivity index is 1.91. The highest BCUT2D eigenvalue weighted by Crippen LogP contribution is 2.20. The van der Waals surface area contributed by atoms with Crippen molar-refractivity contribution in [1.82, 2.24) is 15.1 Å². The maximum Gasteiger partial charge on any atom is 0.251 e. The summed E-state index contributed by atoms with van der Waals surface area (Å²) in [6, 6.07) is 6.07. The molecule has 0 atom stereocenters. The standard InChI is InChI=1S/C13H15N3O/c1-2-16-8-10-4-3-9(7-12(10)15-16)13(17)14-11-5-6-11/h3-4,7-8,11H,2,5-6H2,1H3,(H,14,17). The molecule has 4 nitrogen and oxygen atoms in total. The number of nitrogens with zero attached hydrogens (tertiary/aromatic N) is 2. The molecule has 4 heteroatoms. The van der Waals surface area contributed by atoms with Gasteiger partial charge in [0.15, 0.2) is 0 Å². The molecule has 1 aromatic carbocycles. The van der Waals surface area contributed by atoms with Gasteiger partial charge in [0.25, 0.3) is 5.91 Å². The molecule has 1 aromatic heterocycles. The maximum absolute atomic E-state index is 11.9. The average Bonchev–Trinajstić information content (AvgIpc) is 3.05. The van der Waals surface area contributed by atoms with Crippen LogP contribution in [0.1, 0.15) is 30.1 Å². The molecule has 0 aliphatic heterocycles. The van der Waals surface area contributed by atoms with Crippen molar-refractivity contribution in [2.45, 2.75) is 32.4 Å². The summed E-state index contributed by atoms with van der Waals surface area (Å²) in [6.07, 6.45) is 4.22. The van der Waals surface area contributed by atoms with Crippen molar-refractivity contribution in [2.75, 3.05) is 0 Å². The number of rotatable bonds is 3. The van der Waals surface area contributed by atoms with Crippen LogP contribution in [0.2, 0.25) is 0 Å². The molecule has 88 valence electrons. The van der Waals surface area contributed by atoms with Crippen LogP contribution in [0.25, 0.3) is 10.9 Å². The molecule has 1 saturated carbocycles. The van der Waals surface area contributed by atoms with Crippen LogP contribution < -0.4 is 5.32 Å². The third kappa shape index (κ3) is 2.02. The van der Waals surface area contributed by atoms with E-state index in [1.807, 2.05) is 36.0 Å². The molecule has 2 aromatic rings. The summed E-state index contributed by atoms with van der Waals surface area (Å²) in [5.41, 5.74) is 1.58. The third-order valence-corrected chi connectivity index (χ3v) is 3.05. The van der Waals surface area contributed by atoms with E-state index in [0.717, 1.165) is 30.3 Å². The zero-order valence-corrected chi connectivity index (χ0v) is 9.81. The second kappa shape index (κ2) is 3.87. The Bertz CT molecular complexity index is 569. The van der Waals surface area contributed by atoms with Crippen LogP contribution in [0.4, 0.5) is 0 Å². The summed E-state index contributed by atoms with van der Waals surface area (Å²) >= 11 is 0. The first-order chi connectivity index (χ1) is 8.26. The first-order valence-electron chi connectivity index (χ1n) is 6.04. The molecule has 0 radical (unpaired) electrons. The van der Waals surface area contributed by atoms with Crippen molar-refractivity contribution in [1.29, 1.82) is 0 Å². The SMILES string of the molecule is CCn1cc2ccc(C(=O)NC3CC3)cc2n1. The van der Waals surface area contributed by atoms with Crippen LogP contribution in [0.15, 0.2) is 24.4 Å². The fourth-order valence-electron chi connectivity index (χ4n) is 1.87. The number of aromatic nitrogens is 2. The molecule has 1 N–H and O–H groups in total. The first kappa shape index (κ1) is 10.3. The largest absolute Gasteiger partial charge is 0.349 e. The van der Waals surface area contributed by atoms with Crippen LogP contribution in [0.3, 0.4) is 0 Å². The predicted octanol–water partition coefficient (Wildman–Crippen LogP) is 1.95. The van der Waals surface area contributed by atoms with Gasteiger partial charge in [0, 0.05) is 29.7 Å². The molecule has 0 unspecified atom stereocenters. The molecule has 0 saturated heterocycles. The van der Waals surface area contributed by atoms with Gasteiger partial charge < -0.3 is 5.32 Å². The van der Waals surface area contributed by atoms with E-state index in [2.05, 4.69) is 10.4 Å². The summed E-state index contributed by atoms with van der Waals surface area (Å²) < 4.78 is 1.88. The van der Waals surface area contributed by atoms with E-state index in [9.17, 15) is 4.79 Å². The number of carbonyl (C=O) groups is 1. The van der Waals surface area contributed by atoms with Crippen molar-refractivity contribution < 1.29 is 4.79 Å². The number of hydrogen-bond donors (Lipinski definition) is 1. The minimum atomic E-state index is 0.0143. The highest BCUT2D eigenvalue weighted by molar-refractivity contribution is 5.98. The van der Waals surface area contributed by atoms with E-state index < -0.39 is 0 Å². The van der Waals surface area contributed by atoms with E-state index in [0.29, 0.717) is 11.6 Å². The summed E-state index contributed by atoms with van der Waals surface area (Å²) in [5, 5.41) is 8.47. The summed E-state index contributed by atoms with van der Waals surface area (Å²) in [5.74, 6) is 0.0143. The van der Waals surface area contributed by atoms with Gasteiger partial charge in [-0.3, -0.25) is 9.48 Å². The fourth-order valence-corrected chi connectivity index (χ4v) is 1.87. The molecule has 17 heavy (non-hydrogen) atoms. The van der Waals surface area contributed by atoms with Crippen LogP contribution in [-0.4, -0.2) is 21.7 Å². The molecule has 0 spiro atoms. The molecule has 0 bridgehead atoms. The predicted molar refractivity (Wildman–Crippen MR) is 65.9 cm³/mol. The minimum Gasteiger partial charge on any atom is -0.349 e. The lowest BCUT2D eigenvalue weighted by Crippen LogP contribution is -2.25. The topological polar surface area (TPSA) is 46.9 Å². The minimum absolute atomic E-state index is 0.0143. The lowest BCUT2D eigenvalue weighted by molar-refractivity contribution is 0.0951. The van der Waals surface area contributed by atoms with E-state index in [-0.39, 0.29) is 5.91 Å². The number of amides is 1. The van der Waals surface area contributed by atoms with Gasteiger partial charge in [-0.1, -0.05) is 6.07 Å². The second-order valence-corrected chi connectivity index (χ2v) is 4.51. The van der Waals surface area contributed by atoms with E-state index in [1.165, 1.54) is 0 Å². The Kier molecular flexibility index (Phi) is 2.35. The van der Waals surface area contributed by atoms with E-state index >= 15 is 0 Å². The van der Waals surface area contributed by atoms with Crippen molar-refractivity contribution in [3.8, 4) is 0 Å². The van der Waals surface area contributed by atoms with Crippen molar-refractivity contribution in [3.05, 3.63) is 30.0 Å². The Morgan fingerprint density at radius 3 is 3.06 bits per heavy atom. The number of aryl methyl sites for hydroxylation is 1. The molecule has 1 heterocycles. The molecule has 3 rings (SSSR count). The fraction of sp³-hybridized carbons (Fsp3) is 0.385. The van der Waals surface area contributed by atoms with Crippen LogP contribution >= 0.6 is 0 Å². The van der Waals surface area contributed by atoms with Gasteiger partial charge in [0.05, 0.1) is 5.52 Å². The summed E-state index contributed by atoms with van der Waals surface area (Å²) in [6.45, 7) is 2.89. The van der Waals surface area contributed by atoms with Crippen LogP contribution in [0.5, 0.6) is 0 Å². The van der Waals surface area contributed by atoms with Crippen molar-refractivity contribution >= 4 is 16.8 Å². The smallest absolute Gasteiger partial charge is 0.251 e. The van der Waals surface area contributed by atoms with Gasteiger partial charge in [0.2, 0.25) is 0 Å². The van der Waals surface area contributed by atoms with Crippen molar-refractivity contribution in [2.24, 2.45) is 0 Å². The lowest BCUT2D eigenvalue weighted by Gasteiger charge is -2.02. The number of nitrogens with one attached hydrogen (secondary N) is 1. The van der Waals surface area contributed by atoms with Gasteiger partial charge in [0.1, 0.15) is 0 Å².